The van der Waals surface area contributed by atoms with Crippen LogP contribution in [0.1, 0.15) is 11.1 Å². The molecule has 1 aromatic carbocycles. The number of fused-ring (bicyclic) bond motifs is 1. The molecule has 2 heterocycles. The Balaban J connectivity index is 1.72. The third kappa shape index (κ3) is 3.16. The molecule has 4 nitrogen and oxygen atoms in total. The third-order valence-corrected chi connectivity index (χ3v) is 3.70. The molecule has 0 saturated heterocycles. The van der Waals surface area contributed by atoms with Crippen molar-refractivity contribution >= 4 is 23.3 Å². The Morgan fingerprint density at radius 2 is 2.24 bits per heavy atom. The molecule has 0 fully saturated rings. The minimum atomic E-state index is -0.238. The Hall–Kier alpha value is -2.07. The van der Waals surface area contributed by atoms with Gasteiger partial charge in [-0.1, -0.05) is 11.6 Å². The number of hydrogen-bond acceptors (Lipinski definition) is 3. The molecule has 1 aliphatic heterocycles. The van der Waals surface area contributed by atoms with E-state index in [4.69, 9.17) is 16.3 Å². The molecule has 1 atom stereocenters. The van der Waals surface area contributed by atoms with E-state index in [1.807, 2.05) is 31.2 Å². The number of anilines is 1. The van der Waals surface area contributed by atoms with Crippen molar-refractivity contribution < 1.29 is 9.53 Å². The average molecular weight is 303 g/mol. The van der Waals surface area contributed by atoms with Crippen LogP contribution in [-0.4, -0.2) is 17.5 Å². The maximum absolute atomic E-state index is 12.3. The van der Waals surface area contributed by atoms with Crippen molar-refractivity contribution in [2.24, 2.45) is 5.92 Å². The van der Waals surface area contributed by atoms with Crippen LogP contribution in [0.5, 0.6) is 5.75 Å². The molecule has 2 aromatic rings. The SMILES string of the molecule is Cc1ccnc(NC(=O)[C@@H]2COc3ccc(Cl)cc3C2)c1. The van der Waals surface area contributed by atoms with Gasteiger partial charge in [-0.3, -0.25) is 4.79 Å². The number of carbonyl (C=O) groups excluding carboxylic acids is 1. The Kier molecular flexibility index (Phi) is 3.80. The van der Waals surface area contributed by atoms with Crippen molar-refractivity contribution in [2.45, 2.75) is 13.3 Å². The summed E-state index contributed by atoms with van der Waals surface area (Å²) >= 11 is 5.99. The molecule has 0 bridgehead atoms. The molecule has 21 heavy (non-hydrogen) atoms. The topological polar surface area (TPSA) is 51.2 Å². The number of aryl methyl sites for hydroxylation is 1. The van der Waals surface area contributed by atoms with Crippen LogP contribution in [0, 0.1) is 12.8 Å². The van der Waals surface area contributed by atoms with Crippen LogP contribution in [0.3, 0.4) is 0 Å². The number of hydrogen-bond donors (Lipinski definition) is 1. The summed E-state index contributed by atoms with van der Waals surface area (Å²) in [6, 6.07) is 9.20. The number of rotatable bonds is 2. The highest BCUT2D eigenvalue weighted by Crippen LogP contribution is 2.30. The molecule has 0 saturated carbocycles. The Morgan fingerprint density at radius 3 is 3.05 bits per heavy atom. The van der Waals surface area contributed by atoms with Crippen LogP contribution in [-0.2, 0) is 11.2 Å². The second-order valence-corrected chi connectivity index (χ2v) is 5.61. The standard InChI is InChI=1S/C16H15ClN2O2/c1-10-4-5-18-15(6-10)19-16(20)12-7-11-8-13(17)2-3-14(11)21-9-12/h2-6,8,12H,7,9H2,1H3,(H,18,19,20)/t12-/m0/s1. The number of aromatic nitrogens is 1. The fraction of sp³-hybridized carbons (Fsp3) is 0.250. The highest BCUT2D eigenvalue weighted by molar-refractivity contribution is 6.30. The summed E-state index contributed by atoms with van der Waals surface area (Å²) in [5.74, 6) is 1.05. The first-order valence-electron chi connectivity index (χ1n) is 6.76. The third-order valence-electron chi connectivity index (χ3n) is 3.47. The normalized spacial score (nSPS) is 16.8. The zero-order valence-electron chi connectivity index (χ0n) is 11.6. The van der Waals surface area contributed by atoms with E-state index < -0.39 is 0 Å². The molecular formula is C16H15ClN2O2. The van der Waals surface area contributed by atoms with Gasteiger partial charge in [-0.2, -0.15) is 0 Å². The highest BCUT2D eigenvalue weighted by atomic mass is 35.5. The fourth-order valence-electron chi connectivity index (χ4n) is 2.36. The minimum Gasteiger partial charge on any atom is -0.492 e. The molecule has 5 heteroatoms. The molecule has 1 N–H and O–H groups in total. The predicted octanol–water partition coefficient (Wildman–Crippen LogP) is 3.23. The first-order chi connectivity index (χ1) is 10.1. The van der Waals surface area contributed by atoms with Gasteiger partial charge in [0.25, 0.3) is 0 Å². The fourth-order valence-corrected chi connectivity index (χ4v) is 2.56. The molecule has 1 aromatic heterocycles. The van der Waals surface area contributed by atoms with Crippen LogP contribution in [0.2, 0.25) is 5.02 Å². The maximum Gasteiger partial charge on any atom is 0.232 e. The lowest BCUT2D eigenvalue weighted by atomic mass is 9.96. The van der Waals surface area contributed by atoms with Gasteiger partial charge in [0.05, 0.1) is 5.92 Å². The summed E-state index contributed by atoms with van der Waals surface area (Å²) in [6.45, 7) is 2.32. The maximum atomic E-state index is 12.3. The van der Waals surface area contributed by atoms with Crippen LogP contribution in [0.4, 0.5) is 5.82 Å². The second kappa shape index (κ2) is 5.74. The molecule has 0 aliphatic carbocycles. The average Bonchev–Trinajstić information content (AvgIpc) is 2.46. The van der Waals surface area contributed by atoms with Gasteiger partial charge in [-0.15, -0.1) is 0 Å². The molecule has 108 valence electrons. The van der Waals surface area contributed by atoms with E-state index in [1.165, 1.54) is 0 Å². The van der Waals surface area contributed by atoms with E-state index in [9.17, 15) is 4.79 Å². The van der Waals surface area contributed by atoms with Gasteiger partial charge in [0, 0.05) is 11.2 Å². The summed E-state index contributed by atoms with van der Waals surface area (Å²) in [7, 11) is 0. The van der Waals surface area contributed by atoms with Crippen LogP contribution in [0.25, 0.3) is 0 Å². The van der Waals surface area contributed by atoms with Gasteiger partial charge in [0.15, 0.2) is 0 Å². The number of benzene rings is 1. The van der Waals surface area contributed by atoms with E-state index in [-0.39, 0.29) is 11.8 Å². The molecule has 0 spiro atoms. The van der Waals surface area contributed by atoms with Crippen molar-refractivity contribution in [1.29, 1.82) is 0 Å². The number of nitrogens with one attached hydrogen (secondary N) is 1. The number of carbonyl (C=O) groups is 1. The van der Waals surface area contributed by atoms with E-state index in [0.717, 1.165) is 16.9 Å². The van der Waals surface area contributed by atoms with Crippen molar-refractivity contribution in [1.82, 2.24) is 4.98 Å². The van der Waals surface area contributed by atoms with Gasteiger partial charge in [0.1, 0.15) is 18.2 Å². The van der Waals surface area contributed by atoms with Gasteiger partial charge in [-0.05, 0) is 54.8 Å². The quantitative estimate of drug-likeness (QED) is 0.926. The lowest BCUT2D eigenvalue weighted by Gasteiger charge is -2.24. The smallest absolute Gasteiger partial charge is 0.232 e. The van der Waals surface area contributed by atoms with Crippen molar-refractivity contribution in [3.8, 4) is 5.75 Å². The van der Waals surface area contributed by atoms with E-state index >= 15 is 0 Å². The Labute approximate surface area is 128 Å². The number of ether oxygens (including phenoxy) is 1. The Morgan fingerprint density at radius 1 is 1.38 bits per heavy atom. The summed E-state index contributed by atoms with van der Waals surface area (Å²) in [5.41, 5.74) is 2.02. The van der Waals surface area contributed by atoms with E-state index in [0.29, 0.717) is 23.9 Å². The monoisotopic (exact) mass is 302 g/mol. The van der Waals surface area contributed by atoms with Gasteiger partial charge in [0.2, 0.25) is 5.91 Å². The highest BCUT2D eigenvalue weighted by Gasteiger charge is 2.26. The zero-order valence-corrected chi connectivity index (χ0v) is 12.4. The van der Waals surface area contributed by atoms with Crippen molar-refractivity contribution in [3.63, 3.8) is 0 Å². The Bertz CT molecular complexity index is 688. The largest absolute Gasteiger partial charge is 0.492 e. The number of amides is 1. The first-order valence-corrected chi connectivity index (χ1v) is 7.14. The molecular weight excluding hydrogens is 288 g/mol. The number of pyridine rings is 1. The van der Waals surface area contributed by atoms with Crippen LogP contribution < -0.4 is 10.1 Å². The van der Waals surface area contributed by atoms with E-state index in [2.05, 4.69) is 10.3 Å². The van der Waals surface area contributed by atoms with Crippen molar-refractivity contribution in [2.75, 3.05) is 11.9 Å². The lowest BCUT2D eigenvalue weighted by Crippen LogP contribution is -2.32. The zero-order chi connectivity index (χ0) is 14.8. The molecule has 3 rings (SSSR count). The minimum absolute atomic E-state index is 0.0845. The van der Waals surface area contributed by atoms with Crippen LogP contribution in [0.15, 0.2) is 36.5 Å². The van der Waals surface area contributed by atoms with Crippen LogP contribution >= 0.6 is 11.6 Å². The number of halogens is 1. The lowest BCUT2D eigenvalue weighted by molar-refractivity contribution is -0.121. The van der Waals surface area contributed by atoms with E-state index in [1.54, 1.807) is 12.3 Å². The first kappa shape index (κ1) is 13.9. The molecule has 1 aliphatic rings. The van der Waals surface area contributed by atoms with Gasteiger partial charge < -0.3 is 10.1 Å². The van der Waals surface area contributed by atoms with Gasteiger partial charge >= 0.3 is 0 Å². The van der Waals surface area contributed by atoms with Crippen molar-refractivity contribution in [3.05, 3.63) is 52.7 Å². The summed E-state index contributed by atoms with van der Waals surface area (Å²) in [4.78, 5) is 16.4. The second-order valence-electron chi connectivity index (χ2n) is 5.17. The summed E-state index contributed by atoms with van der Waals surface area (Å²) in [5, 5.41) is 3.49. The summed E-state index contributed by atoms with van der Waals surface area (Å²) < 4.78 is 5.63. The molecule has 0 radical (unpaired) electrons. The predicted molar refractivity (Wildman–Crippen MR) is 81.7 cm³/mol. The summed E-state index contributed by atoms with van der Waals surface area (Å²) in [6.07, 6.45) is 2.30. The molecule has 1 amide bonds. The number of nitrogens with zero attached hydrogens (tertiary/aromatic N) is 1. The van der Waals surface area contributed by atoms with Gasteiger partial charge in [-0.25, -0.2) is 4.98 Å². The molecule has 0 unspecified atom stereocenters.